The topological polar surface area (TPSA) is 79.4 Å². The van der Waals surface area contributed by atoms with Crippen molar-refractivity contribution in [3.05, 3.63) is 89.2 Å². The monoisotopic (exact) mass is 495 g/mol. The van der Waals surface area contributed by atoms with E-state index in [-0.39, 0.29) is 28.1 Å². The van der Waals surface area contributed by atoms with E-state index in [1.807, 2.05) is 24.3 Å². The van der Waals surface area contributed by atoms with Crippen LogP contribution in [0, 0.1) is 5.82 Å². The van der Waals surface area contributed by atoms with Gasteiger partial charge in [0.25, 0.3) is 15.9 Å². The van der Waals surface area contributed by atoms with E-state index in [2.05, 4.69) is 4.72 Å². The average Bonchev–Trinajstić information content (AvgIpc) is 3.29. The fraction of sp³-hybridized carbons (Fsp3) is 0.200. The lowest BCUT2D eigenvalue weighted by Crippen LogP contribution is -2.38. The molecule has 1 N–H and O–H groups in total. The smallest absolute Gasteiger partial charge is 0.262 e. The molecular weight excluding hydrogens is 473 g/mol. The third-order valence-electron chi connectivity index (χ3n) is 5.87. The highest BCUT2D eigenvalue weighted by molar-refractivity contribution is 7.92. The lowest BCUT2D eigenvalue weighted by molar-refractivity contribution is 0.0611. The van der Waals surface area contributed by atoms with Gasteiger partial charge >= 0.3 is 0 Å². The third-order valence-corrected chi connectivity index (χ3v) is 8.37. The second kappa shape index (κ2) is 9.15. The summed E-state index contributed by atoms with van der Waals surface area (Å²) in [6, 6.07) is 19.1. The standard InChI is InChI=1S/C25H22FN3O3S2/c26-19-10-1-2-11-20(19)28-34(31,32)18-9-7-8-17(16-18)25(30)29-15-6-5-13-22(29)24-27-21-12-3-4-14-23(21)33-24/h1-4,7-12,14,16,22,28H,5-6,13,15H2. The maximum Gasteiger partial charge on any atom is 0.262 e. The molecule has 5 rings (SSSR count). The van der Waals surface area contributed by atoms with Crippen LogP contribution >= 0.6 is 11.3 Å². The molecule has 6 nitrogen and oxygen atoms in total. The molecule has 1 unspecified atom stereocenters. The number of piperidine rings is 1. The van der Waals surface area contributed by atoms with E-state index in [1.165, 1.54) is 36.4 Å². The van der Waals surface area contributed by atoms with Crippen LogP contribution in [0.1, 0.15) is 40.7 Å². The van der Waals surface area contributed by atoms with Crippen LogP contribution in [0.4, 0.5) is 10.1 Å². The molecule has 0 spiro atoms. The van der Waals surface area contributed by atoms with Crippen molar-refractivity contribution in [1.29, 1.82) is 0 Å². The Morgan fingerprint density at radius 1 is 1.03 bits per heavy atom. The Hall–Kier alpha value is -3.30. The van der Waals surface area contributed by atoms with Gasteiger partial charge in [-0.1, -0.05) is 30.3 Å². The largest absolute Gasteiger partial charge is 0.329 e. The number of hydrogen-bond donors (Lipinski definition) is 1. The molecule has 0 radical (unpaired) electrons. The van der Waals surface area contributed by atoms with Crippen LogP contribution in [0.2, 0.25) is 0 Å². The molecule has 1 saturated heterocycles. The van der Waals surface area contributed by atoms with Gasteiger partial charge in [0, 0.05) is 12.1 Å². The summed E-state index contributed by atoms with van der Waals surface area (Å²) < 4.78 is 43.1. The first-order valence-corrected chi connectivity index (χ1v) is 13.3. The minimum absolute atomic E-state index is 0.102. The predicted molar refractivity (Wildman–Crippen MR) is 131 cm³/mol. The Kier molecular flexibility index (Phi) is 6.05. The summed E-state index contributed by atoms with van der Waals surface area (Å²) in [5.41, 5.74) is 1.03. The second-order valence-electron chi connectivity index (χ2n) is 8.14. The van der Waals surface area contributed by atoms with Crippen LogP contribution in [0.25, 0.3) is 10.2 Å². The van der Waals surface area contributed by atoms with E-state index in [1.54, 1.807) is 28.4 Å². The van der Waals surface area contributed by atoms with Crippen LogP contribution in [-0.2, 0) is 10.0 Å². The summed E-state index contributed by atoms with van der Waals surface area (Å²) >= 11 is 1.58. The van der Waals surface area contributed by atoms with Gasteiger partial charge < -0.3 is 4.90 Å². The van der Waals surface area contributed by atoms with E-state index >= 15 is 0 Å². The molecule has 9 heteroatoms. The lowest BCUT2D eigenvalue weighted by atomic mass is 10.0. The Balaban J connectivity index is 1.43. The zero-order valence-corrected chi connectivity index (χ0v) is 19.8. The van der Waals surface area contributed by atoms with Gasteiger partial charge in [-0.05, 0) is 61.7 Å². The van der Waals surface area contributed by atoms with Crippen LogP contribution in [0.3, 0.4) is 0 Å². The highest BCUT2D eigenvalue weighted by atomic mass is 32.2. The number of carbonyl (C=O) groups is 1. The number of anilines is 1. The molecule has 1 amide bonds. The first-order chi connectivity index (χ1) is 16.4. The number of thiazole rings is 1. The predicted octanol–water partition coefficient (Wildman–Crippen LogP) is 5.60. The Morgan fingerprint density at radius 2 is 1.82 bits per heavy atom. The number of benzene rings is 3. The number of para-hydroxylation sites is 2. The van der Waals surface area contributed by atoms with Crippen LogP contribution in [0.15, 0.2) is 77.7 Å². The fourth-order valence-corrected chi connectivity index (χ4v) is 6.40. The number of rotatable bonds is 5. The van der Waals surface area contributed by atoms with Crippen molar-refractivity contribution >= 4 is 43.2 Å². The molecule has 1 aliphatic rings. The number of fused-ring (bicyclic) bond motifs is 1. The number of nitrogens with one attached hydrogen (secondary N) is 1. The number of aromatic nitrogens is 1. The zero-order valence-electron chi connectivity index (χ0n) is 18.1. The normalized spacial score (nSPS) is 16.5. The number of carbonyl (C=O) groups excluding carboxylic acids is 1. The molecule has 174 valence electrons. The van der Waals surface area contributed by atoms with Gasteiger partial charge in [0.1, 0.15) is 10.8 Å². The van der Waals surface area contributed by atoms with Gasteiger partial charge in [0.05, 0.1) is 26.8 Å². The Morgan fingerprint density at radius 3 is 2.65 bits per heavy atom. The summed E-state index contributed by atoms with van der Waals surface area (Å²) in [6.07, 6.45) is 2.67. The van der Waals surface area contributed by atoms with E-state index in [9.17, 15) is 17.6 Å². The van der Waals surface area contributed by atoms with Gasteiger partial charge in [-0.15, -0.1) is 11.3 Å². The molecular formula is C25H22FN3O3S2. The lowest BCUT2D eigenvalue weighted by Gasteiger charge is -2.34. The van der Waals surface area contributed by atoms with Crippen molar-refractivity contribution in [1.82, 2.24) is 9.88 Å². The first-order valence-electron chi connectivity index (χ1n) is 11.0. The SMILES string of the molecule is O=C(c1cccc(S(=O)(=O)Nc2ccccc2F)c1)N1CCCCC1c1nc2ccccc2s1. The van der Waals surface area contributed by atoms with Crippen molar-refractivity contribution < 1.29 is 17.6 Å². The van der Waals surface area contributed by atoms with Crippen molar-refractivity contribution in [3.8, 4) is 0 Å². The van der Waals surface area contributed by atoms with Crippen LogP contribution in [-0.4, -0.2) is 30.8 Å². The van der Waals surface area contributed by atoms with Crippen LogP contribution in [0.5, 0.6) is 0 Å². The zero-order chi connectivity index (χ0) is 23.7. The summed E-state index contributed by atoms with van der Waals surface area (Å²) in [6.45, 7) is 0.573. The maximum atomic E-state index is 14.0. The second-order valence-corrected chi connectivity index (χ2v) is 10.9. The molecule has 2 heterocycles. The number of hydrogen-bond acceptors (Lipinski definition) is 5. The van der Waals surface area contributed by atoms with Gasteiger partial charge in [0.15, 0.2) is 0 Å². The van der Waals surface area contributed by atoms with E-state index in [0.717, 1.165) is 34.5 Å². The number of halogens is 1. The van der Waals surface area contributed by atoms with Gasteiger partial charge in [-0.3, -0.25) is 9.52 Å². The Bertz CT molecular complexity index is 1440. The Labute approximate surface area is 201 Å². The molecule has 1 atom stereocenters. The molecule has 0 bridgehead atoms. The molecule has 0 aliphatic carbocycles. The van der Waals surface area contributed by atoms with Crippen molar-refractivity contribution in [2.75, 3.05) is 11.3 Å². The average molecular weight is 496 g/mol. The first kappa shape index (κ1) is 22.5. The molecule has 0 saturated carbocycles. The number of likely N-dealkylation sites (tertiary alicyclic amines) is 1. The minimum atomic E-state index is -4.08. The maximum absolute atomic E-state index is 14.0. The highest BCUT2D eigenvalue weighted by Crippen LogP contribution is 2.36. The van der Waals surface area contributed by atoms with E-state index in [0.29, 0.717) is 6.54 Å². The minimum Gasteiger partial charge on any atom is -0.329 e. The summed E-state index contributed by atoms with van der Waals surface area (Å²) in [4.78, 5) is 20.0. The molecule has 1 aliphatic heterocycles. The number of nitrogens with zero attached hydrogens (tertiary/aromatic N) is 2. The van der Waals surface area contributed by atoms with Gasteiger partial charge in [-0.25, -0.2) is 17.8 Å². The summed E-state index contributed by atoms with van der Waals surface area (Å²) in [5, 5.41) is 0.888. The number of amides is 1. The van der Waals surface area contributed by atoms with Gasteiger partial charge in [-0.2, -0.15) is 0 Å². The third kappa shape index (κ3) is 4.41. The molecule has 4 aromatic rings. The van der Waals surface area contributed by atoms with E-state index in [4.69, 9.17) is 4.98 Å². The van der Waals surface area contributed by atoms with E-state index < -0.39 is 15.8 Å². The van der Waals surface area contributed by atoms with Crippen molar-refractivity contribution in [2.24, 2.45) is 0 Å². The molecule has 1 fully saturated rings. The molecule has 3 aromatic carbocycles. The fourth-order valence-electron chi connectivity index (χ4n) is 4.17. The molecule has 34 heavy (non-hydrogen) atoms. The molecule has 1 aromatic heterocycles. The van der Waals surface area contributed by atoms with Crippen molar-refractivity contribution in [3.63, 3.8) is 0 Å². The van der Waals surface area contributed by atoms with Crippen LogP contribution < -0.4 is 4.72 Å². The van der Waals surface area contributed by atoms with Gasteiger partial charge in [0.2, 0.25) is 0 Å². The van der Waals surface area contributed by atoms with Crippen molar-refractivity contribution in [2.45, 2.75) is 30.2 Å². The summed E-state index contributed by atoms with van der Waals surface area (Å²) in [7, 11) is -4.08. The quantitative estimate of drug-likeness (QED) is 0.391. The summed E-state index contributed by atoms with van der Waals surface area (Å²) in [5.74, 6) is -0.919. The number of sulfonamides is 1. The highest BCUT2D eigenvalue weighted by Gasteiger charge is 2.31.